The van der Waals surface area contributed by atoms with Gasteiger partial charge in [0.2, 0.25) is 0 Å². The molecule has 100 valence electrons. The first-order valence-corrected chi connectivity index (χ1v) is 6.93. The fraction of sp³-hybridized carbons (Fsp3) is 0.333. The lowest BCUT2D eigenvalue weighted by atomic mass is 10.0. The summed E-state index contributed by atoms with van der Waals surface area (Å²) in [6.45, 7) is 9.65. The van der Waals surface area contributed by atoms with Crippen LogP contribution in [0.2, 0.25) is 0 Å². The number of nitrogens with one attached hydrogen (secondary N) is 1. The lowest BCUT2D eigenvalue weighted by Crippen LogP contribution is -2.19. The molecule has 0 aliphatic heterocycles. The van der Waals surface area contributed by atoms with E-state index in [1.165, 1.54) is 27.8 Å². The van der Waals surface area contributed by atoms with Gasteiger partial charge < -0.3 is 5.32 Å². The molecule has 0 saturated heterocycles. The molecule has 1 atom stereocenters. The average Bonchev–Trinajstić information content (AvgIpc) is 2.38. The van der Waals surface area contributed by atoms with E-state index >= 15 is 0 Å². The third kappa shape index (κ3) is 3.45. The van der Waals surface area contributed by atoms with Crippen LogP contribution in [0.1, 0.15) is 40.8 Å². The number of rotatable bonds is 4. The maximum atomic E-state index is 3.62. The van der Waals surface area contributed by atoms with Crippen molar-refractivity contribution < 1.29 is 0 Å². The van der Waals surface area contributed by atoms with E-state index < -0.39 is 0 Å². The van der Waals surface area contributed by atoms with Crippen molar-refractivity contribution in [3.63, 3.8) is 0 Å². The molecule has 2 aromatic rings. The van der Waals surface area contributed by atoms with Crippen LogP contribution in [0.5, 0.6) is 0 Å². The predicted molar refractivity (Wildman–Crippen MR) is 82.3 cm³/mol. The summed E-state index contributed by atoms with van der Waals surface area (Å²) in [4.78, 5) is 0. The van der Waals surface area contributed by atoms with Crippen molar-refractivity contribution in [3.05, 3.63) is 70.3 Å². The second-order valence-corrected chi connectivity index (χ2v) is 5.39. The Kier molecular flexibility index (Phi) is 4.39. The molecule has 1 nitrogen and oxygen atoms in total. The normalized spacial score (nSPS) is 12.4. The molecule has 2 aromatic carbocycles. The Hall–Kier alpha value is -1.60. The van der Waals surface area contributed by atoms with Crippen LogP contribution in [-0.2, 0) is 6.54 Å². The summed E-state index contributed by atoms with van der Waals surface area (Å²) >= 11 is 0. The Labute approximate surface area is 116 Å². The van der Waals surface area contributed by atoms with Gasteiger partial charge in [0.25, 0.3) is 0 Å². The molecule has 0 bridgehead atoms. The summed E-state index contributed by atoms with van der Waals surface area (Å²) in [5, 5.41) is 3.62. The zero-order valence-corrected chi connectivity index (χ0v) is 12.3. The van der Waals surface area contributed by atoms with Crippen LogP contribution in [0.4, 0.5) is 0 Å². The van der Waals surface area contributed by atoms with E-state index in [1.807, 2.05) is 0 Å². The van der Waals surface area contributed by atoms with E-state index in [2.05, 4.69) is 75.5 Å². The largest absolute Gasteiger partial charge is 0.306 e. The molecule has 0 radical (unpaired) electrons. The van der Waals surface area contributed by atoms with Gasteiger partial charge in [0.05, 0.1) is 0 Å². The molecule has 0 aromatic heterocycles. The van der Waals surface area contributed by atoms with Gasteiger partial charge in [-0.15, -0.1) is 0 Å². The molecule has 1 N–H and O–H groups in total. The number of aryl methyl sites for hydroxylation is 3. The van der Waals surface area contributed by atoms with Crippen LogP contribution >= 0.6 is 0 Å². The molecule has 0 aliphatic carbocycles. The smallest absolute Gasteiger partial charge is 0.0295 e. The van der Waals surface area contributed by atoms with Gasteiger partial charge in [-0.05, 0) is 49.9 Å². The van der Waals surface area contributed by atoms with Gasteiger partial charge in [-0.1, -0.05) is 48.0 Å². The second kappa shape index (κ2) is 6.03. The minimum absolute atomic E-state index is 0.374. The van der Waals surface area contributed by atoms with Crippen molar-refractivity contribution in [2.45, 2.75) is 40.3 Å². The van der Waals surface area contributed by atoms with E-state index in [1.54, 1.807) is 0 Å². The van der Waals surface area contributed by atoms with Crippen LogP contribution in [0.25, 0.3) is 0 Å². The molecule has 2 rings (SSSR count). The minimum Gasteiger partial charge on any atom is -0.306 e. The summed E-state index contributed by atoms with van der Waals surface area (Å²) in [6, 6.07) is 15.6. The van der Waals surface area contributed by atoms with Crippen LogP contribution in [0, 0.1) is 20.8 Å². The summed E-state index contributed by atoms with van der Waals surface area (Å²) < 4.78 is 0. The number of hydrogen-bond acceptors (Lipinski definition) is 1. The quantitative estimate of drug-likeness (QED) is 0.848. The van der Waals surface area contributed by atoms with Crippen molar-refractivity contribution >= 4 is 0 Å². The van der Waals surface area contributed by atoms with E-state index in [4.69, 9.17) is 0 Å². The molecular weight excluding hydrogens is 230 g/mol. The van der Waals surface area contributed by atoms with Crippen molar-refractivity contribution in [2.24, 2.45) is 0 Å². The lowest BCUT2D eigenvalue weighted by Gasteiger charge is -2.17. The topological polar surface area (TPSA) is 12.0 Å². The molecule has 0 spiro atoms. The van der Waals surface area contributed by atoms with Crippen molar-refractivity contribution in [1.29, 1.82) is 0 Å². The second-order valence-electron chi connectivity index (χ2n) is 5.39. The molecule has 0 aliphatic rings. The van der Waals surface area contributed by atoms with E-state index in [-0.39, 0.29) is 0 Å². The zero-order chi connectivity index (χ0) is 13.8. The molecule has 0 heterocycles. The standard InChI is InChI=1S/C18H23N/c1-13-7-5-10-17(11-13)16(4)19-12-18-14(2)8-6-9-15(18)3/h5-11,16,19H,12H2,1-4H3/t16-/m1/s1. The van der Waals surface area contributed by atoms with Crippen LogP contribution in [-0.4, -0.2) is 0 Å². The zero-order valence-electron chi connectivity index (χ0n) is 12.3. The molecule has 1 heteroatoms. The van der Waals surface area contributed by atoms with Crippen LogP contribution < -0.4 is 5.32 Å². The Morgan fingerprint density at radius 2 is 1.58 bits per heavy atom. The highest BCUT2D eigenvalue weighted by Crippen LogP contribution is 2.17. The third-order valence-electron chi connectivity index (χ3n) is 3.77. The first-order chi connectivity index (χ1) is 9.08. The Morgan fingerprint density at radius 3 is 2.21 bits per heavy atom. The van der Waals surface area contributed by atoms with Crippen molar-refractivity contribution in [2.75, 3.05) is 0 Å². The van der Waals surface area contributed by atoms with Crippen molar-refractivity contribution in [3.8, 4) is 0 Å². The molecule has 0 saturated carbocycles. The fourth-order valence-electron chi connectivity index (χ4n) is 2.44. The molecule has 0 fully saturated rings. The summed E-state index contributed by atoms with van der Waals surface area (Å²) in [7, 11) is 0. The number of benzene rings is 2. The van der Waals surface area contributed by atoms with Gasteiger partial charge in [-0.3, -0.25) is 0 Å². The van der Waals surface area contributed by atoms with Crippen LogP contribution in [0.15, 0.2) is 42.5 Å². The summed E-state index contributed by atoms with van der Waals surface area (Å²) in [5.41, 5.74) is 6.82. The highest BCUT2D eigenvalue weighted by atomic mass is 14.9. The molecule has 0 unspecified atom stereocenters. The Bertz CT molecular complexity index is 537. The van der Waals surface area contributed by atoms with Gasteiger partial charge in [0.15, 0.2) is 0 Å². The van der Waals surface area contributed by atoms with Gasteiger partial charge in [0, 0.05) is 12.6 Å². The number of hydrogen-bond donors (Lipinski definition) is 1. The molecule has 19 heavy (non-hydrogen) atoms. The highest BCUT2D eigenvalue weighted by molar-refractivity contribution is 5.33. The summed E-state index contributed by atoms with van der Waals surface area (Å²) in [6.07, 6.45) is 0. The Balaban J connectivity index is 2.06. The SMILES string of the molecule is Cc1cccc([C@@H](C)NCc2c(C)cccc2C)c1. The van der Waals surface area contributed by atoms with Gasteiger partial charge in [-0.25, -0.2) is 0 Å². The van der Waals surface area contributed by atoms with E-state index in [0.29, 0.717) is 6.04 Å². The van der Waals surface area contributed by atoms with E-state index in [0.717, 1.165) is 6.54 Å². The fourth-order valence-corrected chi connectivity index (χ4v) is 2.44. The molecule has 0 amide bonds. The maximum absolute atomic E-state index is 3.62. The predicted octanol–water partition coefficient (Wildman–Crippen LogP) is 4.46. The van der Waals surface area contributed by atoms with Crippen LogP contribution in [0.3, 0.4) is 0 Å². The first kappa shape index (κ1) is 13.8. The maximum Gasteiger partial charge on any atom is 0.0295 e. The first-order valence-electron chi connectivity index (χ1n) is 6.93. The van der Waals surface area contributed by atoms with Gasteiger partial charge in [0.1, 0.15) is 0 Å². The Morgan fingerprint density at radius 1 is 0.947 bits per heavy atom. The monoisotopic (exact) mass is 253 g/mol. The molecular formula is C18H23N. The summed E-state index contributed by atoms with van der Waals surface area (Å²) in [5.74, 6) is 0. The average molecular weight is 253 g/mol. The van der Waals surface area contributed by atoms with Gasteiger partial charge >= 0.3 is 0 Å². The van der Waals surface area contributed by atoms with Gasteiger partial charge in [-0.2, -0.15) is 0 Å². The highest BCUT2D eigenvalue weighted by Gasteiger charge is 2.07. The minimum atomic E-state index is 0.374. The lowest BCUT2D eigenvalue weighted by molar-refractivity contribution is 0.572. The van der Waals surface area contributed by atoms with Crippen molar-refractivity contribution in [1.82, 2.24) is 5.32 Å². The third-order valence-corrected chi connectivity index (χ3v) is 3.77. The van der Waals surface area contributed by atoms with E-state index in [9.17, 15) is 0 Å².